The van der Waals surface area contributed by atoms with Gasteiger partial charge in [0, 0.05) is 21.5 Å². The zero-order valence-corrected chi connectivity index (χ0v) is 18.9. The molecule has 1 heterocycles. The molecule has 0 spiro atoms. The van der Waals surface area contributed by atoms with Crippen LogP contribution in [-0.2, 0) is 4.79 Å². The van der Waals surface area contributed by atoms with Crippen LogP contribution in [0.25, 0.3) is 0 Å². The minimum absolute atomic E-state index is 0.0482. The fraction of sp³-hybridized carbons (Fsp3) is 0.348. The van der Waals surface area contributed by atoms with E-state index in [9.17, 15) is 14.4 Å². The lowest BCUT2D eigenvalue weighted by molar-refractivity contribution is -0.126. The lowest BCUT2D eigenvalue weighted by Crippen LogP contribution is -2.64. The summed E-state index contributed by atoms with van der Waals surface area (Å²) < 4.78 is 0. The van der Waals surface area contributed by atoms with Gasteiger partial charge in [-0.2, -0.15) is 0 Å². The number of amides is 3. The SMILES string of the molecule is Cc1ccc(C(=O)CN2C(=O)N(c3ccc(Cl)cc3)C(=O)C3CC(Br)CCC32)cc1. The van der Waals surface area contributed by atoms with Gasteiger partial charge in [0.15, 0.2) is 5.78 Å². The first kappa shape index (κ1) is 21.1. The molecule has 2 fully saturated rings. The lowest BCUT2D eigenvalue weighted by atomic mass is 9.80. The van der Waals surface area contributed by atoms with Gasteiger partial charge in [0.1, 0.15) is 0 Å². The van der Waals surface area contributed by atoms with Crippen LogP contribution in [0.2, 0.25) is 5.02 Å². The molecule has 2 aromatic rings. The molecular weight excluding hydrogens is 468 g/mol. The first-order valence-electron chi connectivity index (χ1n) is 9.99. The van der Waals surface area contributed by atoms with Crippen molar-refractivity contribution in [2.24, 2.45) is 5.92 Å². The van der Waals surface area contributed by atoms with E-state index in [4.69, 9.17) is 11.6 Å². The molecule has 0 bridgehead atoms. The van der Waals surface area contributed by atoms with E-state index < -0.39 is 6.03 Å². The molecule has 0 radical (unpaired) electrons. The van der Waals surface area contributed by atoms with Crippen LogP contribution < -0.4 is 4.90 Å². The van der Waals surface area contributed by atoms with Gasteiger partial charge in [-0.15, -0.1) is 0 Å². The van der Waals surface area contributed by atoms with Gasteiger partial charge < -0.3 is 4.90 Å². The van der Waals surface area contributed by atoms with Crippen molar-refractivity contribution in [3.8, 4) is 0 Å². The third-order valence-electron chi connectivity index (χ3n) is 5.90. The van der Waals surface area contributed by atoms with Crippen molar-refractivity contribution in [2.75, 3.05) is 11.4 Å². The average Bonchev–Trinajstić information content (AvgIpc) is 2.73. The highest BCUT2D eigenvalue weighted by atomic mass is 79.9. The Bertz CT molecular complexity index is 977. The van der Waals surface area contributed by atoms with E-state index in [2.05, 4.69) is 15.9 Å². The number of anilines is 1. The third-order valence-corrected chi connectivity index (χ3v) is 6.98. The molecule has 7 heteroatoms. The number of Topliss-reactive ketones (excluding diaryl/α,β-unsaturated/α-hetero) is 1. The van der Waals surface area contributed by atoms with Crippen LogP contribution in [0.4, 0.5) is 10.5 Å². The van der Waals surface area contributed by atoms with Crippen LogP contribution in [-0.4, -0.2) is 40.0 Å². The number of hydrogen-bond donors (Lipinski definition) is 0. The molecule has 0 aromatic heterocycles. The first-order chi connectivity index (χ1) is 14.3. The van der Waals surface area contributed by atoms with E-state index in [1.54, 1.807) is 41.3 Å². The number of carbonyl (C=O) groups is 3. The average molecular weight is 490 g/mol. The fourth-order valence-corrected chi connectivity index (χ4v) is 5.06. The van der Waals surface area contributed by atoms with Gasteiger partial charge in [-0.05, 0) is 50.5 Å². The van der Waals surface area contributed by atoms with Gasteiger partial charge >= 0.3 is 6.03 Å². The van der Waals surface area contributed by atoms with Crippen LogP contribution in [0, 0.1) is 12.8 Å². The van der Waals surface area contributed by atoms with Crippen molar-refractivity contribution in [2.45, 2.75) is 37.1 Å². The molecule has 156 valence electrons. The van der Waals surface area contributed by atoms with Crippen LogP contribution in [0.15, 0.2) is 48.5 Å². The Morgan fingerprint density at radius 1 is 1.07 bits per heavy atom. The molecular formula is C23H22BrClN2O3. The van der Waals surface area contributed by atoms with E-state index in [1.807, 2.05) is 19.1 Å². The maximum Gasteiger partial charge on any atom is 0.332 e. The van der Waals surface area contributed by atoms with Gasteiger partial charge in [0.05, 0.1) is 18.2 Å². The van der Waals surface area contributed by atoms with Crippen LogP contribution in [0.5, 0.6) is 0 Å². The number of aryl methyl sites for hydroxylation is 1. The largest absolute Gasteiger partial charge is 0.332 e. The summed E-state index contributed by atoms with van der Waals surface area (Å²) in [5.41, 5.74) is 2.10. The number of urea groups is 1. The first-order valence-corrected chi connectivity index (χ1v) is 11.3. The van der Waals surface area contributed by atoms with E-state index in [1.165, 1.54) is 4.90 Å². The molecule has 5 nitrogen and oxygen atoms in total. The van der Waals surface area contributed by atoms with Crippen molar-refractivity contribution < 1.29 is 14.4 Å². The second-order valence-electron chi connectivity index (χ2n) is 7.93. The van der Waals surface area contributed by atoms with E-state index in [0.717, 1.165) is 12.0 Å². The molecule has 2 aromatic carbocycles. The number of fused-ring (bicyclic) bond motifs is 1. The molecule has 1 aliphatic carbocycles. The molecule has 30 heavy (non-hydrogen) atoms. The smallest absolute Gasteiger partial charge is 0.312 e. The topological polar surface area (TPSA) is 57.7 Å². The molecule has 2 aliphatic rings. The molecule has 3 atom stereocenters. The summed E-state index contributed by atoms with van der Waals surface area (Å²) in [5.74, 6) is -0.689. The predicted molar refractivity (Wildman–Crippen MR) is 120 cm³/mol. The summed E-state index contributed by atoms with van der Waals surface area (Å²) in [5, 5.41) is 0.526. The fourth-order valence-electron chi connectivity index (χ4n) is 4.27. The highest BCUT2D eigenvalue weighted by molar-refractivity contribution is 9.09. The van der Waals surface area contributed by atoms with Gasteiger partial charge in [0.2, 0.25) is 5.91 Å². The molecule has 0 N–H and O–H groups in total. The number of nitrogens with zero attached hydrogens (tertiary/aromatic N) is 2. The van der Waals surface area contributed by atoms with Crippen LogP contribution in [0.1, 0.15) is 35.2 Å². The van der Waals surface area contributed by atoms with Crippen molar-refractivity contribution in [3.63, 3.8) is 0 Å². The molecule has 1 aliphatic heterocycles. The Morgan fingerprint density at radius 2 is 1.73 bits per heavy atom. The highest BCUT2D eigenvalue weighted by Crippen LogP contribution is 2.39. The summed E-state index contributed by atoms with van der Waals surface area (Å²) in [6.07, 6.45) is 2.18. The number of rotatable bonds is 4. The van der Waals surface area contributed by atoms with E-state index in [0.29, 0.717) is 29.1 Å². The predicted octanol–water partition coefficient (Wildman–Crippen LogP) is 5.23. The molecule has 3 amide bonds. The number of hydrogen-bond acceptors (Lipinski definition) is 3. The minimum Gasteiger partial charge on any atom is -0.312 e. The van der Waals surface area contributed by atoms with Crippen molar-refractivity contribution >= 4 is 50.9 Å². The van der Waals surface area contributed by atoms with Gasteiger partial charge in [-0.3, -0.25) is 9.59 Å². The monoisotopic (exact) mass is 488 g/mol. The van der Waals surface area contributed by atoms with Gasteiger partial charge in [-0.1, -0.05) is 57.4 Å². The standard InChI is InChI=1S/C23H22BrClN2O3/c1-14-2-4-15(5-3-14)21(28)13-26-20-11-6-16(24)12-19(20)22(29)27(23(26)30)18-9-7-17(25)8-10-18/h2-5,7-10,16,19-20H,6,11-13H2,1H3. The zero-order chi connectivity index (χ0) is 21.4. The molecule has 1 saturated carbocycles. The Kier molecular flexibility index (Phi) is 5.98. The highest BCUT2D eigenvalue weighted by Gasteiger charge is 2.49. The molecule has 4 rings (SSSR count). The summed E-state index contributed by atoms with van der Waals surface area (Å²) in [6.45, 7) is 1.91. The zero-order valence-electron chi connectivity index (χ0n) is 16.6. The quantitative estimate of drug-likeness (QED) is 0.436. The lowest BCUT2D eigenvalue weighted by Gasteiger charge is -2.47. The Balaban J connectivity index is 1.67. The van der Waals surface area contributed by atoms with Crippen molar-refractivity contribution in [3.05, 3.63) is 64.7 Å². The van der Waals surface area contributed by atoms with E-state index in [-0.39, 0.29) is 35.0 Å². The Hall–Kier alpha value is -2.18. The van der Waals surface area contributed by atoms with E-state index >= 15 is 0 Å². The number of ketones is 1. The third kappa shape index (κ3) is 4.03. The van der Waals surface area contributed by atoms with Crippen molar-refractivity contribution in [1.29, 1.82) is 0 Å². The second-order valence-corrected chi connectivity index (χ2v) is 9.67. The normalized spacial score (nSPS) is 24.0. The number of benzene rings is 2. The van der Waals surface area contributed by atoms with Crippen LogP contribution >= 0.6 is 27.5 Å². The number of alkyl halides is 1. The number of carbonyl (C=O) groups excluding carboxylic acids is 3. The van der Waals surface area contributed by atoms with Crippen LogP contribution in [0.3, 0.4) is 0 Å². The number of imide groups is 1. The maximum atomic E-state index is 13.4. The summed E-state index contributed by atoms with van der Waals surface area (Å²) in [4.78, 5) is 42.7. The Morgan fingerprint density at radius 3 is 2.40 bits per heavy atom. The van der Waals surface area contributed by atoms with Gasteiger partial charge in [0.25, 0.3) is 0 Å². The molecule has 1 saturated heterocycles. The summed E-state index contributed by atoms with van der Waals surface area (Å²) >= 11 is 9.61. The summed E-state index contributed by atoms with van der Waals surface area (Å²) in [7, 11) is 0. The van der Waals surface area contributed by atoms with Crippen molar-refractivity contribution in [1.82, 2.24) is 4.90 Å². The summed E-state index contributed by atoms with van der Waals surface area (Å²) in [6, 6.07) is 13.2. The molecule has 3 unspecified atom stereocenters. The second kappa shape index (κ2) is 8.52. The minimum atomic E-state index is -0.447. The Labute approximate surface area is 189 Å². The van der Waals surface area contributed by atoms with Gasteiger partial charge in [-0.25, -0.2) is 9.69 Å². The number of halogens is 2. The maximum absolute atomic E-state index is 13.4.